The molecule has 1 aromatic heterocycles. The van der Waals surface area contributed by atoms with Crippen molar-refractivity contribution in [3.05, 3.63) is 52.2 Å². The fraction of sp³-hybridized carbons (Fsp3) is 0.455. The number of nitrogens with zero attached hydrogens (tertiary/aromatic N) is 2. The first-order chi connectivity index (χ1) is 13.7. The lowest BCUT2D eigenvalue weighted by Crippen LogP contribution is -2.41. The predicted octanol–water partition coefficient (Wildman–Crippen LogP) is 3.92. The number of benzene rings is 1. The highest BCUT2D eigenvalue weighted by Gasteiger charge is 2.25. The molecular formula is C22H26N2O3S. The van der Waals surface area contributed by atoms with Crippen LogP contribution in [0, 0.1) is 5.92 Å². The zero-order valence-corrected chi connectivity index (χ0v) is 16.8. The van der Waals surface area contributed by atoms with Crippen molar-refractivity contribution in [2.45, 2.75) is 25.7 Å². The summed E-state index contributed by atoms with van der Waals surface area (Å²) in [5.41, 5.74) is 1.50. The Hall–Kier alpha value is -2.34. The van der Waals surface area contributed by atoms with Crippen LogP contribution in [-0.4, -0.2) is 54.4 Å². The second-order valence-electron chi connectivity index (χ2n) is 7.61. The molecule has 28 heavy (non-hydrogen) atoms. The lowest BCUT2D eigenvalue weighted by atomic mass is 9.98. The standard InChI is InChI=1S/C22H26N2O3S/c25-21(23-10-1-2-11-23)18-5-7-20(8-6-18)27-15-17-4-3-12-24(14-17)22(26)19-9-13-28-16-19/h5-9,13,16-17H,1-4,10-12,14-15H2/t17-/m0/s1. The fourth-order valence-corrected chi connectivity index (χ4v) is 4.59. The van der Waals surface area contributed by atoms with Crippen molar-refractivity contribution in [1.82, 2.24) is 9.80 Å². The number of rotatable bonds is 5. The number of amides is 2. The van der Waals surface area contributed by atoms with Crippen molar-refractivity contribution in [1.29, 1.82) is 0 Å². The summed E-state index contributed by atoms with van der Waals surface area (Å²) >= 11 is 1.55. The molecule has 0 saturated carbocycles. The second-order valence-corrected chi connectivity index (χ2v) is 8.39. The molecule has 3 heterocycles. The Kier molecular flexibility index (Phi) is 5.95. The number of hydrogen-bond donors (Lipinski definition) is 0. The summed E-state index contributed by atoms with van der Waals surface area (Å²) in [5.74, 6) is 1.34. The van der Waals surface area contributed by atoms with Crippen LogP contribution in [0.1, 0.15) is 46.4 Å². The molecular weight excluding hydrogens is 372 g/mol. The van der Waals surface area contributed by atoms with E-state index in [1.165, 1.54) is 0 Å². The zero-order chi connectivity index (χ0) is 19.3. The van der Waals surface area contributed by atoms with Crippen molar-refractivity contribution in [3.8, 4) is 5.75 Å². The van der Waals surface area contributed by atoms with E-state index in [9.17, 15) is 9.59 Å². The van der Waals surface area contributed by atoms with Crippen LogP contribution >= 0.6 is 11.3 Å². The lowest BCUT2D eigenvalue weighted by Gasteiger charge is -2.32. The largest absolute Gasteiger partial charge is 0.493 e. The Morgan fingerprint density at radius 3 is 2.36 bits per heavy atom. The van der Waals surface area contributed by atoms with E-state index in [0.717, 1.165) is 68.7 Å². The molecule has 5 nitrogen and oxygen atoms in total. The highest BCUT2D eigenvalue weighted by atomic mass is 32.1. The molecule has 0 bridgehead atoms. The highest BCUT2D eigenvalue weighted by Crippen LogP contribution is 2.22. The smallest absolute Gasteiger partial charge is 0.254 e. The van der Waals surface area contributed by atoms with Crippen molar-refractivity contribution in [3.63, 3.8) is 0 Å². The maximum absolute atomic E-state index is 12.5. The summed E-state index contributed by atoms with van der Waals surface area (Å²) in [6.45, 7) is 3.87. The topological polar surface area (TPSA) is 49.9 Å². The number of carbonyl (C=O) groups is 2. The molecule has 0 N–H and O–H groups in total. The SMILES string of the molecule is O=C(c1ccc(OC[C@H]2CCCN(C(=O)c3ccsc3)C2)cc1)N1CCCC1. The lowest BCUT2D eigenvalue weighted by molar-refractivity contribution is 0.0634. The number of hydrogen-bond acceptors (Lipinski definition) is 4. The summed E-state index contributed by atoms with van der Waals surface area (Å²) in [7, 11) is 0. The number of likely N-dealkylation sites (tertiary alicyclic amines) is 2. The van der Waals surface area contributed by atoms with Crippen LogP contribution in [0.15, 0.2) is 41.1 Å². The molecule has 2 amide bonds. The molecule has 0 unspecified atom stereocenters. The van der Waals surface area contributed by atoms with Crippen LogP contribution in [0.2, 0.25) is 0 Å². The molecule has 2 fully saturated rings. The van der Waals surface area contributed by atoms with Gasteiger partial charge in [0, 0.05) is 43.0 Å². The van der Waals surface area contributed by atoms with Crippen molar-refractivity contribution in [2.75, 3.05) is 32.8 Å². The van der Waals surface area contributed by atoms with Gasteiger partial charge >= 0.3 is 0 Å². The third-order valence-corrected chi connectivity index (χ3v) is 6.24. The van der Waals surface area contributed by atoms with E-state index < -0.39 is 0 Å². The van der Waals surface area contributed by atoms with E-state index >= 15 is 0 Å². The molecule has 148 valence electrons. The van der Waals surface area contributed by atoms with Gasteiger partial charge in [0.15, 0.2) is 0 Å². The second kappa shape index (κ2) is 8.78. The van der Waals surface area contributed by atoms with Gasteiger partial charge < -0.3 is 14.5 Å². The van der Waals surface area contributed by atoms with Crippen molar-refractivity contribution < 1.29 is 14.3 Å². The molecule has 2 saturated heterocycles. The highest BCUT2D eigenvalue weighted by molar-refractivity contribution is 7.08. The molecule has 0 aliphatic carbocycles. The minimum absolute atomic E-state index is 0.110. The molecule has 1 atom stereocenters. The first kappa shape index (κ1) is 19.0. The summed E-state index contributed by atoms with van der Waals surface area (Å²) in [5, 5.41) is 3.85. The molecule has 2 aliphatic rings. The average Bonchev–Trinajstić information content (AvgIpc) is 3.46. The van der Waals surface area contributed by atoms with Crippen molar-refractivity contribution >= 4 is 23.2 Å². The molecule has 0 radical (unpaired) electrons. The Balaban J connectivity index is 1.29. The predicted molar refractivity (Wildman–Crippen MR) is 110 cm³/mol. The average molecular weight is 399 g/mol. The van der Waals surface area contributed by atoms with Crippen LogP contribution in [-0.2, 0) is 0 Å². The van der Waals surface area contributed by atoms with Gasteiger partial charge in [0.05, 0.1) is 12.2 Å². The molecule has 2 aliphatic heterocycles. The van der Waals surface area contributed by atoms with Gasteiger partial charge in [0.1, 0.15) is 5.75 Å². The third kappa shape index (κ3) is 4.38. The Morgan fingerprint density at radius 1 is 0.929 bits per heavy atom. The Labute approximate surface area is 169 Å². The van der Waals surface area contributed by atoms with Crippen LogP contribution in [0.25, 0.3) is 0 Å². The van der Waals surface area contributed by atoms with Crippen LogP contribution in [0.5, 0.6) is 5.75 Å². The maximum Gasteiger partial charge on any atom is 0.254 e. The maximum atomic E-state index is 12.5. The van der Waals surface area contributed by atoms with Crippen molar-refractivity contribution in [2.24, 2.45) is 5.92 Å². The van der Waals surface area contributed by atoms with Crippen LogP contribution < -0.4 is 4.74 Å². The minimum Gasteiger partial charge on any atom is -0.493 e. The quantitative estimate of drug-likeness (QED) is 0.767. The molecule has 2 aromatic rings. The van der Waals surface area contributed by atoms with Gasteiger partial charge in [-0.3, -0.25) is 9.59 Å². The van der Waals surface area contributed by atoms with E-state index in [0.29, 0.717) is 12.5 Å². The normalized spacial score (nSPS) is 19.6. The third-order valence-electron chi connectivity index (χ3n) is 5.55. The molecule has 1 aromatic carbocycles. The van der Waals surface area contributed by atoms with E-state index in [4.69, 9.17) is 4.74 Å². The monoisotopic (exact) mass is 398 g/mol. The van der Waals surface area contributed by atoms with Gasteiger partial charge in [0.25, 0.3) is 11.8 Å². The Bertz CT molecular complexity index is 798. The van der Waals surface area contributed by atoms with Crippen LogP contribution in [0.4, 0.5) is 0 Å². The van der Waals surface area contributed by atoms with Gasteiger partial charge in [-0.25, -0.2) is 0 Å². The fourth-order valence-electron chi connectivity index (χ4n) is 3.96. The van der Waals surface area contributed by atoms with Crippen LogP contribution in [0.3, 0.4) is 0 Å². The first-order valence-corrected chi connectivity index (χ1v) is 11.0. The van der Waals surface area contributed by atoms with E-state index in [-0.39, 0.29) is 11.8 Å². The number of ether oxygens (including phenoxy) is 1. The van der Waals surface area contributed by atoms with Gasteiger partial charge in [0.2, 0.25) is 0 Å². The van der Waals surface area contributed by atoms with Gasteiger partial charge in [-0.05, 0) is 61.4 Å². The zero-order valence-electron chi connectivity index (χ0n) is 16.0. The van der Waals surface area contributed by atoms with Gasteiger partial charge in [-0.2, -0.15) is 11.3 Å². The molecule has 4 rings (SSSR count). The molecule has 6 heteroatoms. The summed E-state index contributed by atoms with van der Waals surface area (Å²) in [4.78, 5) is 28.8. The summed E-state index contributed by atoms with van der Waals surface area (Å²) in [6, 6.07) is 9.34. The first-order valence-electron chi connectivity index (χ1n) is 10.0. The summed E-state index contributed by atoms with van der Waals surface area (Å²) in [6.07, 6.45) is 4.27. The van der Waals surface area contributed by atoms with E-state index in [2.05, 4.69) is 0 Å². The number of carbonyl (C=O) groups excluding carboxylic acids is 2. The molecule has 0 spiro atoms. The van der Waals surface area contributed by atoms with Gasteiger partial charge in [-0.1, -0.05) is 0 Å². The minimum atomic E-state index is 0.110. The number of piperidine rings is 1. The number of thiophene rings is 1. The Morgan fingerprint density at radius 2 is 1.64 bits per heavy atom. The summed E-state index contributed by atoms with van der Waals surface area (Å²) < 4.78 is 5.96. The van der Waals surface area contributed by atoms with E-state index in [1.807, 2.05) is 50.9 Å². The van der Waals surface area contributed by atoms with Gasteiger partial charge in [-0.15, -0.1) is 0 Å². The van der Waals surface area contributed by atoms with E-state index in [1.54, 1.807) is 11.3 Å².